The summed E-state index contributed by atoms with van der Waals surface area (Å²) in [5.41, 5.74) is 2.03. The second-order valence-electron chi connectivity index (χ2n) is 4.87. The number of rotatable bonds is 6. The van der Waals surface area contributed by atoms with Gasteiger partial charge in [-0.2, -0.15) is 0 Å². The maximum Gasteiger partial charge on any atom is 0.418 e. The number of nitrogens with zero attached hydrogens (tertiary/aromatic N) is 1. The largest absolute Gasteiger partial charge is 0.444 e. The number of aromatic nitrogens is 1. The number of ether oxygens (including phenoxy) is 1. The summed E-state index contributed by atoms with van der Waals surface area (Å²) in [5.74, 6) is 0. The average molecular weight is 271 g/mol. The fourth-order valence-corrected chi connectivity index (χ4v) is 2.14. The maximum atomic E-state index is 12.1. The molecule has 3 nitrogen and oxygen atoms in total. The minimum atomic E-state index is -0.301. The van der Waals surface area contributed by atoms with E-state index in [2.05, 4.69) is 6.92 Å². The fourth-order valence-electron chi connectivity index (χ4n) is 2.14. The van der Waals surface area contributed by atoms with Gasteiger partial charge in [-0.25, -0.2) is 4.79 Å². The van der Waals surface area contributed by atoms with Gasteiger partial charge in [-0.1, -0.05) is 50.1 Å². The van der Waals surface area contributed by atoms with Crippen LogP contribution in [0.4, 0.5) is 4.79 Å². The lowest BCUT2D eigenvalue weighted by Crippen LogP contribution is -2.15. The van der Waals surface area contributed by atoms with Crippen molar-refractivity contribution in [3.8, 4) is 0 Å². The summed E-state index contributed by atoms with van der Waals surface area (Å²) in [6, 6.07) is 13.6. The van der Waals surface area contributed by atoms with Crippen molar-refractivity contribution in [2.45, 2.75) is 39.2 Å². The Bertz CT molecular complexity index is 531. The molecule has 0 bridgehead atoms. The second kappa shape index (κ2) is 7.53. The van der Waals surface area contributed by atoms with E-state index in [9.17, 15) is 4.79 Å². The molecule has 1 aromatic carbocycles. The minimum absolute atomic E-state index is 0.301. The first-order valence-corrected chi connectivity index (χ1v) is 7.18. The zero-order valence-corrected chi connectivity index (χ0v) is 11.9. The molecular formula is C17H21NO2. The molecule has 0 unspecified atom stereocenters. The Morgan fingerprint density at radius 3 is 2.65 bits per heavy atom. The summed E-state index contributed by atoms with van der Waals surface area (Å²) < 4.78 is 6.95. The summed E-state index contributed by atoms with van der Waals surface area (Å²) in [6.45, 7) is 2.49. The van der Waals surface area contributed by atoms with E-state index in [0.29, 0.717) is 6.61 Å². The second-order valence-corrected chi connectivity index (χ2v) is 4.87. The molecule has 0 aliphatic heterocycles. The first-order valence-electron chi connectivity index (χ1n) is 7.18. The Hall–Kier alpha value is -2.03. The molecule has 2 aromatic rings. The molecule has 0 amide bonds. The molecule has 0 N–H and O–H groups in total. The highest BCUT2D eigenvalue weighted by Gasteiger charge is 2.10. The van der Waals surface area contributed by atoms with Crippen molar-refractivity contribution in [2.75, 3.05) is 0 Å². The van der Waals surface area contributed by atoms with Gasteiger partial charge in [-0.15, -0.1) is 0 Å². The SMILES string of the molecule is CCCCCc1cccn1C(=O)OCc1ccccc1. The minimum Gasteiger partial charge on any atom is -0.444 e. The molecule has 0 atom stereocenters. The lowest BCUT2D eigenvalue weighted by Gasteiger charge is -2.09. The quantitative estimate of drug-likeness (QED) is 0.729. The monoisotopic (exact) mass is 271 g/mol. The Balaban J connectivity index is 1.90. The maximum absolute atomic E-state index is 12.1. The van der Waals surface area contributed by atoms with E-state index in [1.165, 1.54) is 12.8 Å². The van der Waals surface area contributed by atoms with Crippen LogP contribution < -0.4 is 0 Å². The van der Waals surface area contributed by atoms with Crippen molar-refractivity contribution in [3.63, 3.8) is 0 Å². The van der Waals surface area contributed by atoms with Crippen molar-refractivity contribution < 1.29 is 9.53 Å². The number of carbonyl (C=O) groups is 1. The number of benzene rings is 1. The van der Waals surface area contributed by atoms with Gasteiger partial charge in [0.15, 0.2) is 0 Å². The van der Waals surface area contributed by atoms with Gasteiger partial charge in [0.25, 0.3) is 0 Å². The fraction of sp³-hybridized carbons (Fsp3) is 0.353. The van der Waals surface area contributed by atoms with E-state index in [-0.39, 0.29) is 6.09 Å². The highest BCUT2D eigenvalue weighted by atomic mass is 16.5. The summed E-state index contributed by atoms with van der Waals surface area (Å²) >= 11 is 0. The molecule has 1 aromatic heterocycles. The van der Waals surface area contributed by atoms with Gasteiger partial charge in [0.1, 0.15) is 6.61 Å². The van der Waals surface area contributed by atoms with Crippen LogP contribution in [0.2, 0.25) is 0 Å². The Kier molecular flexibility index (Phi) is 5.42. The average Bonchev–Trinajstić information content (AvgIpc) is 2.95. The van der Waals surface area contributed by atoms with Gasteiger partial charge in [0.2, 0.25) is 0 Å². The molecule has 2 rings (SSSR count). The summed E-state index contributed by atoms with van der Waals surface area (Å²) in [7, 11) is 0. The van der Waals surface area contributed by atoms with Crippen LogP contribution in [0.5, 0.6) is 0 Å². The number of aryl methyl sites for hydroxylation is 1. The summed E-state index contributed by atoms with van der Waals surface area (Å²) in [4.78, 5) is 12.1. The van der Waals surface area contributed by atoms with E-state index >= 15 is 0 Å². The van der Waals surface area contributed by atoms with Crippen LogP contribution in [-0.4, -0.2) is 10.7 Å². The molecule has 3 heteroatoms. The van der Waals surface area contributed by atoms with Crippen molar-refractivity contribution in [3.05, 3.63) is 59.9 Å². The molecule has 106 valence electrons. The van der Waals surface area contributed by atoms with Crippen molar-refractivity contribution >= 4 is 6.09 Å². The predicted octanol–water partition coefficient (Wildman–Crippen LogP) is 4.41. The van der Waals surface area contributed by atoms with Crippen molar-refractivity contribution in [2.24, 2.45) is 0 Å². The normalized spacial score (nSPS) is 10.4. The molecule has 0 fully saturated rings. The van der Waals surface area contributed by atoms with E-state index in [4.69, 9.17) is 4.74 Å². The van der Waals surface area contributed by atoms with E-state index < -0.39 is 0 Å². The van der Waals surface area contributed by atoms with E-state index in [1.54, 1.807) is 10.8 Å². The first-order chi connectivity index (χ1) is 9.81. The molecule has 0 saturated carbocycles. The van der Waals surface area contributed by atoms with Gasteiger partial charge in [0.05, 0.1) is 0 Å². The highest BCUT2D eigenvalue weighted by Crippen LogP contribution is 2.10. The number of carbonyl (C=O) groups excluding carboxylic acids is 1. The molecule has 1 heterocycles. The van der Waals surface area contributed by atoms with Gasteiger partial charge < -0.3 is 4.74 Å². The van der Waals surface area contributed by atoms with Crippen LogP contribution >= 0.6 is 0 Å². The van der Waals surface area contributed by atoms with Gasteiger partial charge in [0, 0.05) is 11.9 Å². The van der Waals surface area contributed by atoms with Crippen LogP contribution in [0.1, 0.15) is 37.4 Å². The summed E-state index contributed by atoms with van der Waals surface area (Å²) in [6.07, 6.45) is 5.86. The van der Waals surface area contributed by atoms with Crippen LogP contribution in [0.25, 0.3) is 0 Å². The predicted molar refractivity (Wildman–Crippen MR) is 79.7 cm³/mol. The third-order valence-electron chi connectivity index (χ3n) is 3.27. The Labute approximate surface area is 120 Å². The zero-order chi connectivity index (χ0) is 14.2. The van der Waals surface area contributed by atoms with Crippen LogP contribution in [0.3, 0.4) is 0 Å². The lowest BCUT2D eigenvalue weighted by atomic mass is 10.1. The molecule has 20 heavy (non-hydrogen) atoms. The number of unbranched alkanes of at least 4 members (excludes halogenated alkanes) is 2. The third-order valence-corrected chi connectivity index (χ3v) is 3.27. The van der Waals surface area contributed by atoms with Gasteiger partial charge in [-0.05, 0) is 30.5 Å². The molecule has 0 aliphatic rings. The topological polar surface area (TPSA) is 31.2 Å². The molecular weight excluding hydrogens is 250 g/mol. The van der Waals surface area contributed by atoms with E-state index in [0.717, 1.165) is 24.1 Å². The van der Waals surface area contributed by atoms with Crippen LogP contribution in [0.15, 0.2) is 48.7 Å². The van der Waals surface area contributed by atoms with Crippen LogP contribution in [0, 0.1) is 0 Å². The summed E-state index contributed by atoms with van der Waals surface area (Å²) in [5, 5.41) is 0. The Morgan fingerprint density at radius 1 is 1.10 bits per heavy atom. The van der Waals surface area contributed by atoms with Crippen molar-refractivity contribution in [1.82, 2.24) is 4.57 Å². The molecule has 0 radical (unpaired) electrons. The highest BCUT2D eigenvalue weighted by molar-refractivity contribution is 5.71. The smallest absolute Gasteiger partial charge is 0.418 e. The van der Waals surface area contributed by atoms with Gasteiger partial charge in [-0.3, -0.25) is 4.57 Å². The lowest BCUT2D eigenvalue weighted by molar-refractivity contribution is 0.140. The number of hydrogen-bond donors (Lipinski definition) is 0. The molecule has 0 saturated heterocycles. The zero-order valence-electron chi connectivity index (χ0n) is 11.9. The first kappa shape index (κ1) is 14.4. The van der Waals surface area contributed by atoms with Crippen molar-refractivity contribution in [1.29, 1.82) is 0 Å². The van der Waals surface area contributed by atoms with E-state index in [1.807, 2.05) is 42.5 Å². The standard InChI is InChI=1S/C17H21NO2/c1-2-3-5-11-16-12-8-13-18(16)17(19)20-14-15-9-6-4-7-10-15/h4,6-10,12-13H,2-3,5,11,14H2,1H3. The van der Waals surface area contributed by atoms with Crippen LogP contribution in [-0.2, 0) is 17.8 Å². The third kappa shape index (κ3) is 3.98. The van der Waals surface area contributed by atoms with Gasteiger partial charge >= 0.3 is 6.09 Å². The number of hydrogen-bond acceptors (Lipinski definition) is 2. The molecule has 0 aliphatic carbocycles. The molecule has 0 spiro atoms. The Morgan fingerprint density at radius 2 is 1.90 bits per heavy atom.